The average molecular weight is 695 g/mol. The van der Waals surface area contributed by atoms with Crippen LogP contribution < -0.4 is 15.5 Å². The number of rotatable bonds is 11. The molecule has 3 aromatic carbocycles. The van der Waals surface area contributed by atoms with E-state index >= 15 is 0 Å². The van der Waals surface area contributed by atoms with E-state index in [2.05, 4.69) is 20.9 Å². The monoisotopic (exact) mass is 694 g/mol. The van der Waals surface area contributed by atoms with Gasteiger partial charge in [-0.15, -0.1) is 5.10 Å². The molecule has 3 aliphatic heterocycles. The number of aromatic nitrogens is 3. The molecule has 2 fully saturated rings. The molecule has 50 heavy (non-hydrogen) atoms. The summed E-state index contributed by atoms with van der Waals surface area (Å²) in [6.45, 7) is 7.39. The van der Waals surface area contributed by atoms with Gasteiger partial charge in [0, 0.05) is 35.5 Å². The van der Waals surface area contributed by atoms with E-state index in [1.807, 2.05) is 105 Å². The smallest absolute Gasteiger partial charge is 0.264 e. The first kappa shape index (κ1) is 34.3. The lowest BCUT2D eigenvalue weighted by molar-refractivity contribution is -0.146. The van der Waals surface area contributed by atoms with Crippen LogP contribution >= 0.6 is 0 Å². The number of benzene rings is 3. The molecule has 11 nitrogen and oxygen atoms in total. The third kappa shape index (κ3) is 6.30. The Hall–Kier alpha value is -4.20. The van der Waals surface area contributed by atoms with Crippen LogP contribution in [0.2, 0.25) is 18.6 Å². The SMILES string of the molecule is C[C@H]1[C@H]([Si](C)(C)O)[C@@H](CCn2cc(C(CO)c3ccccc3)nn2)O[C@]12C(=O)N(Cc1ccccc1)c1ccc(NC(=O)[C@H]3CCCN3)cc12. The van der Waals surface area contributed by atoms with Crippen LogP contribution in [-0.2, 0) is 33.0 Å². The van der Waals surface area contributed by atoms with E-state index in [-0.39, 0.29) is 41.8 Å². The van der Waals surface area contributed by atoms with Crippen molar-refractivity contribution in [2.24, 2.45) is 5.92 Å². The predicted molar refractivity (Wildman–Crippen MR) is 193 cm³/mol. The molecule has 0 radical (unpaired) electrons. The Kier molecular flexibility index (Phi) is 9.48. The zero-order valence-electron chi connectivity index (χ0n) is 28.8. The van der Waals surface area contributed by atoms with Gasteiger partial charge in [0.25, 0.3) is 5.91 Å². The molecule has 1 unspecified atom stereocenters. The van der Waals surface area contributed by atoms with Crippen LogP contribution in [0.1, 0.15) is 54.5 Å². The van der Waals surface area contributed by atoms with Crippen LogP contribution in [0.25, 0.3) is 0 Å². The fourth-order valence-corrected chi connectivity index (χ4v) is 11.0. The topological polar surface area (TPSA) is 142 Å². The minimum Gasteiger partial charge on any atom is -0.432 e. The van der Waals surface area contributed by atoms with Gasteiger partial charge in [0.1, 0.15) is 0 Å². The lowest BCUT2D eigenvalue weighted by Crippen LogP contribution is -2.46. The Bertz CT molecular complexity index is 1830. The van der Waals surface area contributed by atoms with E-state index in [0.29, 0.717) is 36.5 Å². The molecule has 262 valence electrons. The maximum atomic E-state index is 14.9. The first-order valence-electron chi connectivity index (χ1n) is 17.6. The van der Waals surface area contributed by atoms with Crippen molar-refractivity contribution in [2.45, 2.75) is 81.6 Å². The van der Waals surface area contributed by atoms with Crippen molar-refractivity contribution in [2.75, 3.05) is 23.4 Å². The van der Waals surface area contributed by atoms with Crippen molar-refractivity contribution in [3.63, 3.8) is 0 Å². The lowest BCUT2D eigenvalue weighted by Gasteiger charge is -2.32. The molecular formula is C38H46N6O5Si. The van der Waals surface area contributed by atoms with E-state index in [1.165, 1.54) is 0 Å². The maximum Gasteiger partial charge on any atom is 0.264 e. The molecule has 1 spiro atoms. The molecular weight excluding hydrogens is 649 g/mol. The Morgan fingerprint density at radius 2 is 1.86 bits per heavy atom. The summed E-state index contributed by atoms with van der Waals surface area (Å²) in [5.74, 6) is -0.899. The second-order valence-electron chi connectivity index (χ2n) is 14.4. The summed E-state index contributed by atoms with van der Waals surface area (Å²) in [5.41, 5.74) is 3.07. The molecule has 7 rings (SSSR count). The number of ether oxygens (including phenoxy) is 1. The average Bonchev–Trinajstić information content (AvgIpc) is 3.90. The summed E-state index contributed by atoms with van der Waals surface area (Å²) >= 11 is 0. The third-order valence-corrected chi connectivity index (χ3v) is 13.3. The van der Waals surface area contributed by atoms with Crippen LogP contribution in [-0.4, -0.2) is 70.3 Å². The van der Waals surface area contributed by atoms with Gasteiger partial charge in [0.2, 0.25) is 5.91 Å². The molecule has 1 aromatic heterocycles. The van der Waals surface area contributed by atoms with Crippen LogP contribution in [0.15, 0.2) is 85.1 Å². The van der Waals surface area contributed by atoms with Crippen molar-refractivity contribution in [1.82, 2.24) is 20.3 Å². The van der Waals surface area contributed by atoms with Gasteiger partial charge in [0.05, 0.1) is 42.6 Å². The highest BCUT2D eigenvalue weighted by Crippen LogP contribution is 2.60. The summed E-state index contributed by atoms with van der Waals surface area (Å²) in [4.78, 5) is 41.6. The first-order valence-corrected chi connectivity index (χ1v) is 20.6. The minimum absolute atomic E-state index is 0.0927. The van der Waals surface area contributed by atoms with Gasteiger partial charge in [-0.2, -0.15) is 0 Å². The molecule has 4 N–H and O–H groups in total. The number of anilines is 2. The molecule has 0 aliphatic carbocycles. The van der Waals surface area contributed by atoms with Crippen LogP contribution in [0.3, 0.4) is 0 Å². The molecule has 3 aliphatic rings. The molecule has 6 atom stereocenters. The van der Waals surface area contributed by atoms with E-state index in [9.17, 15) is 19.5 Å². The largest absolute Gasteiger partial charge is 0.432 e. The number of nitrogens with zero attached hydrogens (tertiary/aromatic N) is 4. The van der Waals surface area contributed by atoms with Crippen LogP contribution in [0.4, 0.5) is 11.4 Å². The number of carbonyl (C=O) groups is 2. The molecule has 2 saturated heterocycles. The number of hydrogen-bond donors (Lipinski definition) is 4. The number of hydrogen-bond acceptors (Lipinski definition) is 8. The highest BCUT2D eigenvalue weighted by molar-refractivity contribution is 6.71. The fourth-order valence-electron chi connectivity index (χ4n) is 8.38. The van der Waals surface area contributed by atoms with Crippen LogP contribution in [0, 0.1) is 5.92 Å². The highest BCUT2D eigenvalue weighted by Gasteiger charge is 2.66. The quantitative estimate of drug-likeness (QED) is 0.168. The normalized spacial score (nSPS) is 25.3. The van der Waals surface area contributed by atoms with Crippen molar-refractivity contribution < 1.29 is 24.2 Å². The summed E-state index contributed by atoms with van der Waals surface area (Å²) in [7, 11) is -2.90. The Morgan fingerprint density at radius 1 is 1.12 bits per heavy atom. The Labute approximate surface area is 293 Å². The number of aliphatic hydroxyl groups is 1. The van der Waals surface area contributed by atoms with Gasteiger partial charge in [0.15, 0.2) is 13.9 Å². The van der Waals surface area contributed by atoms with Crippen molar-refractivity contribution >= 4 is 31.5 Å². The summed E-state index contributed by atoms with van der Waals surface area (Å²) in [6.07, 6.45) is 3.64. The van der Waals surface area contributed by atoms with Gasteiger partial charge in [-0.1, -0.05) is 72.8 Å². The predicted octanol–water partition coefficient (Wildman–Crippen LogP) is 4.53. The Balaban J connectivity index is 1.20. The van der Waals surface area contributed by atoms with E-state index < -0.39 is 20.0 Å². The standard InChI is InChI=1S/C38H46N6O5Si/c1-25-35(50(2,3)48)34(18-20-43-23-32(41-42-43)29(24-45)27-13-8-5-9-14-27)49-38(25)30-21-28(40-36(46)31-15-10-19-39-31)16-17-33(30)44(37(38)47)22-26-11-6-4-7-12-26/h4-9,11-14,16-17,21,23,25,29,31,34-35,39,45,48H,10,15,18-20,22,24H2,1-3H3,(H,40,46)/t25-,29?,31+,34+,35-,38+/m0/s1. The number of aliphatic hydroxyl groups excluding tert-OH is 1. The summed E-state index contributed by atoms with van der Waals surface area (Å²) in [5, 5.41) is 25.3. The number of amides is 2. The third-order valence-electron chi connectivity index (χ3n) is 10.8. The molecule has 12 heteroatoms. The highest BCUT2D eigenvalue weighted by atomic mass is 28.4. The maximum absolute atomic E-state index is 14.9. The number of nitrogens with one attached hydrogen (secondary N) is 2. The van der Waals surface area contributed by atoms with Crippen molar-refractivity contribution in [3.05, 3.63) is 107 Å². The summed E-state index contributed by atoms with van der Waals surface area (Å²) in [6, 6.07) is 25.0. The Morgan fingerprint density at radius 3 is 2.54 bits per heavy atom. The molecule has 2 amide bonds. The molecule has 4 aromatic rings. The second kappa shape index (κ2) is 13.8. The van der Waals surface area contributed by atoms with Crippen molar-refractivity contribution in [1.29, 1.82) is 0 Å². The van der Waals surface area contributed by atoms with Crippen molar-refractivity contribution in [3.8, 4) is 0 Å². The van der Waals surface area contributed by atoms with E-state index in [4.69, 9.17) is 4.74 Å². The van der Waals surface area contributed by atoms with Gasteiger partial charge in [-0.25, -0.2) is 0 Å². The van der Waals surface area contributed by atoms with Gasteiger partial charge >= 0.3 is 0 Å². The van der Waals surface area contributed by atoms with E-state index in [1.54, 1.807) is 9.58 Å². The molecule has 4 heterocycles. The fraction of sp³-hybridized carbons (Fsp3) is 0.421. The van der Waals surface area contributed by atoms with Gasteiger partial charge in [-0.05, 0) is 68.2 Å². The summed E-state index contributed by atoms with van der Waals surface area (Å²) < 4.78 is 8.80. The molecule has 0 saturated carbocycles. The second-order valence-corrected chi connectivity index (χ2v) is 18.4. The van der Waals surface area contributed by atoms with Gasteiger partial charge in [-0.3, -0.25) is 14.3 Å². The van der Waals surface area contributed by atoms with Gasteiger partial charge < -0.3 is 30.2 Å². The number of carbonyl (C=O) groups excluding carboxylic acids is 2. The zero-order chi connectivity index (χ0) is 35.0. The number of aryl methyl sites for hydroxylation is 1. The number of fused-ring (bicyclic) bond motifs is 2. The zero-order valence-corrected chi connectivity index (χ0v) is 29.8. The minimum atomic E-state index is -2.90. The lowest BCUT2D eigenvalue weighted by atomic mass is 9.82. The van der Waals surface area contributed by atoms with E-state index in [0.717, 1.165) is 36.2 Å². The first-order chi connectivity index (χ1) is 24.1. The van der Waals surface area contributed by atoms with Crippen LogP contribution in [0.5, 0.6) is 0 Å². The molecule has 0 bridgehead atoms.